The summed E-state index contributed by atoms with van der Waals surface area (Å²) in [6.45, 7) is 0. The Labute approximate surface area is 291 Å². The van der Waals surface area contributed by atoms with E-state index in [0.29, 0.717) is 33.5 Å². The third kappa shape index (κ3) is 8.47. The van der Waals surface area contributed by atoms with Crippen LogP contribution < -0.4 is 20.1 Å². The Hall–Kier alpha value is -5.60. The molecule has 0 aliphatic heterocycles. The lowest BCUT2D eigenvalue weighted by Crippen LogP contribution is -2.15. The topological polar surface area (TPSA) is 138 Å². The van der Waals surface area contributed by atoms with Gasteiger partial charge in [0.25, 0.3) is 0 Å². The summed E-state index contributed by atoms with van der Waals surface area (Å²) >= 11 is 2.55. The van der Waals surface area contributed by atoms with Gasteiger partial charge in [0.1, 0.15) is 23.1 Å². The van der Waals surface area contributed by atoms with Gasteiger partial charge in [0.15, 0.2) is 10.3 Å². The number of carbonyl (C=O) groups excluding carboxylic acids is 2. The minimum Gasteiger partial charge on any atom is -0.497 e. The monoisotopic (exact) mass is 692 g/mol. The third-order valence-electron chi connectivity index (χ3n) is 7.16. The Morgan fingerprint density at radius 3 is 1.33 bits per heavy atom. The number of hydrogen-bond acceptors (Lipinski definition) is 10. The maximum atomic E-state index is 12.8. The van der Waals surface area contributed by atoms with Crippen LogP contribution in [0.2, 0.25) is 0 Å². The molecule has 14 heteroatoms. The molecule has 0 aliphatic carbocycles. The highest BCUT2D eigenvalue weighted by Crippen LogP contribution is 2.28. The summed E-state index contributed by atoms with van der Waals surface area (Å²) in [6.07, 6.45) is 0.242. The van der Waals surface area contributed by atoms with E-state index in [9.17, 15) is 9.59 Å². The molecule has 0 fully saturated rings. The van der Waals surface area contributed by atoms with Crippen LogP contribution in [0.15, 0.2) is 120 Å². The molecule has 2 aromatic heterocycles. The van der Waals surface area contributed by atoms with Gasteiger partial charge in [-0.1, -0.05) is 59.9 Å². The molecule has 49 heavy (non-hydrogen) atoms. The highest BCUT2D eigenvalue weighted by Gasteiger charge is 2.22. The molecule has 0 saturated carbocycles. The Morgan fingerprint density at radius 1 is 0.571 bits per heavy atom. The van der Waals surface area contributed by atoms with Crippen molar-refractivity contribution in [2.24, 2.45) is 0 Å². The van der Waals surface area contributed by atoms with Crippen LogP contribution in [0.4, 0.5) is 11.4 Å². The number of carbonyl (C=O) groups is 2. The summed E-state index contributed by atoms with van der Waals surface area (Å²) in [6, 6.07) is 33.6. The van der Waals surface area contributed by atoms with E-state index in [4.69, 9.17) is 9.47 Å². The summed E-state index contributed by atoms with van der Waals surface area (Å²) in [5.41, 5.74) is 3.01. The number of aromatic nitrogens is 6. The highest BCUT2D eigenvalue weighted by atomic mass is 32.2. The van der Waals surface area contributed by atoms with Crippen LogP contribution in [0, 0.1) is 0 Å². The van der Waals surface area contributed by atoms with Crippen molar-refractivity contribution >= 4 is 46.7 Å². The van der Waals surface area contributed by atoms with Crippen LogP contribution in [0.1, 0.15) is 11.6 Å². The molecular weight excluding hydrogens is 661 g/mol. The molecule has 0 spiro atoms. The Bertz CT molecular complexity index is 1860. The average Bonchev–Trinajstić information content (AvgIpc) is 3.74. The van der Waals surface area contributed by atoms with Crippen molar-refractivity contribution in [1.29, 1.82) is 0 Å². The minimum absolute atomic E-state index is 0.122. The first-order chi connectivity index (χ1) is 24.0. The lowest BCUT2D eigenvalue weighted by Gasteiger charge is -2.13. The van der Waals surface area contributed by atoms with Gasteiger partial charge in [-0.3, -0.25) is 18.7 Å². The summed E-state index contributed by atoms with van der Waals surface area (Å²) in [5, 5.41) is 24.9. The second-order valence-electron chi connectivity index (χ2n) is 10.4. The van der Waals surface area contributed by atoms with Gasteiger partial charge in [0.2, 0.25) is 11.8 Å². The normalized spacial score (nSPS) is 10.8. The van der Waals surface area contributed by atoms with E-state index in [1.807, 2.05) is 118 Å². The van der Waals surface area contributed by atoms with E-state index in [0.717, 1.165) is 22.7 Å². The molecular formula is C35H32N8O4S2. The minimum atomic E-state index is -0.167. The summed E-state index contributed by atoms with van der Waals surface area (Å²) in [5.74, 6) is 2.47. The lowest BCUT2D eigenvalue weighted by molar-refractivity contribution is -0.114. The number of ether oxygens (including phenoxy) is 2. The molecule has 0 atom stereocenters. The van der Waals surface area contributed by atoms with Crippen LogP contribution in [0.5, 0.6) is 11.5 Å². The van der Waals surface area contributed by atoms with Gasteiger partial charge in [0, 0.05) is 22.7 Å². The van der Waals surface area contributed by atoms with Crippen LogP contribution in [-0.4, -0.2) is 67.1 Å². The zero-order valence-electron chi connectivity index (χ0n) is 26.6. The van der Waals surface area contributed by atoms with Gasteiger partial charge in [-0.05, 0) is 72.8 Å². The largest absolute Gasteiger partial charge is 0.497 e. The first-order valence-corrected chi connectivity index (χ1v) is 17.1. The molecule has 2 heterocycles. The quantitative estimate of drug-likeness (QED) is 0.132. The fourth-order valence-corrected chi connectivity index (χ4v) is 6.38. The van der Waals surface area contributed by atoms with E-state index in [1.54, 1.807) is 14.2 Å². The van der Waals surface area contributed by atoms with E-state index in [1.165, 1.54) is 23.5 Å². The number of nitrogens with zero attached hydrogens (tertiary/aromatic N) is 6. The van der Waals surface area contributed by atoms with Gasteiger partial charge in [0.05, 0.1) is 32.1 Å². The number of nitrogens with one attached hydrogen (secondary N) is 2. The number of rotatable bonds is 14. The maximum Gasteiger partial charge on any atom is 0.234 e. The van der Waals surface area contributed by atoms with Gasteiger partial charge >= 0.3 is 0 Å². The Kier molecular flexibility index (Phi) is 10.9. The predicted molar refractivity (Wildman–Crippen MR) is 190 cm³/mol. The van der Waals surface area contributed by atoms with E-state index in [-0.39, 0.29) is 29.7 Å². The molecule has 6 rings (SSSR count). The predicted octanol–water partition coefficient (Wildman–Crippen LogP) is 5.92. The number of para-hydroxylation sites is 2. The number of anilines is 2. The number of thioether (sulfide) groups is 2. The van der Waals surface area contributed by atoms with Crippen LogP contribution in [0.3, 0.4) is 0 Å². The van der Waals surface area contributed by atoms with E-state index in [2.05, 4.69) is 31.0 Å². The van der Waals surface area contributed by atoms with Gasteiger partial charge < -0.3 is 20.1 Å². The highest BCUT2D eigenvalue weighted by molar-refractivity contribution is 8.00. The Morgan fingerprint density at radius 2 is 0.959 bits per heavy atom. The number of amides is 2. The van der Waals surface area contributed by atoms with E-state index < -0.39 is 0 Å². The summed E-state index contributed by atoms with van der Waals surface area (Å²) in [4.78, 5) is 25.6. The Balaban J connectivity index is 1.29. The van der Waals surface area contributed by atoms with Crippen molar-refractivity contribution < 1.29 is 19.1 Å². The van der Waals surface area contributed by atoms with Gasteiger partial charge in [-0.15, -0.1) is 20.4 Å². The zero-order chi connectivity index (χ0) is 34.0. The van der Waals surface area contributed by atoms with E-state index >= 15 is 0 Å². The second-order valence-corrected chi connectivity index (χ2v) is 12.3. The van der Waals surface area contributed by atoms with Crippen molar-refractivity contribution in [3.8, 4) is 22.9 Å². The SMILES string of the molecule is COc1ccc(-n2c(Cc3nnc(SCC(=O)Nc4ccccc4)n3-c3ccc(OC)cc3)nnc2SCC(=O)Nc2ccccc2)cc1. The summed E-state index contributed by atoms with van der Waals surface area (Å²) in [7, 11) is 3.22. The molecule has 0 saturated heterocycles. The molecule has 0 bridgehead atoms. The first-order valence-electron chi connectivity index (χ1n) is 15.1. The van der Waals surface area contributed by atoms with Crippen LogP contribution in [-0.2, 0) is 16.0 Å². The molecule has 2 amide bonds. The molecule has 4 aromatic carbocycles. The average molecular weight is 693 g/mol. The van der Waals surface area contributed by atoms with Crippen LogP contribution >= 0.6 is 23.5 Å². The molecule has 0 radical (unpaired) electrons. The van der Waals surface area contributed by atoms with Crippen molar-refractivity contribution in [2.75, 3.05) is 36.4 Å². The zero-order valence-corrected chi connectivity index (χ0v) is 28.3. The van der Waals surface area contributed by atoms with Gasteiger partial charge in [-0.2, -0.15) is 0 Å². The fraction of sp³-hybridized carbons (Fsp3) is 0.143. The van der Waals surface area contributed by atoms with Crippen LogP contribution in [0.25, 0.3) is 11.4 Å². The molecule has 0 aliphatic rings. The number of benzene rings is 4. The fourth-order valence-electron chi connectivity index (χ4n) is 4.84. The second kappa shape index (κ2) is 16.0. The van der Waals surface area contributed by atoms with Crippen molar-refractivity contribution in [1.82, 2.24) is 29.5 Å². The molecule has 12 nitrogen and oxygen atoms in total. The summed E-state index contributed by atoms with van der Waals surface area (Å²) < 4.78 is 14.5. The van der Waals surface area contributed by atoms with Gasteiger partial charge in [-0.25, -0.2) is 0 Å². The lowest BCUT2D eigenvalue weighted by atomic mass is 10.2. The third-order valence-corrected chi connectivity index (χ3v) is 9.02. The first kappa shape index (κ1) is 33.3. The molecule has 0 unspecified atom stereocenters. The van der Waals surface area contributed by atoms with Crippen molar-refractivity contribution in [3.05, 3.63) is 121 Å². The van der Waals surface area contributed by atoms with Crippen molar-refractivity contribution in [3.63, 3.8) is 0 Å². The molecule has 2 N–H and O–H groups in total. The van der Waals surface area contributed by atoms with Crippen molar-refractivity contribution in [2.45, 2.75) is 16.7 Å². The number of hydrogen-bond donors (Lipinski definition) is 2. The maximum absolute atomic E-state index is 12.8. The smallest absolute Gasteiger partial charge is 0.234 e. The standard InChI is InChI=1S/C35H32N8O4S2/c1-46-28-17-13-26(14-18-28)42-30(38-40-34(42)48-22-32(44)36-24-9-5-3-6-10-24)21-31-39-41-35(43(31)27-15-19-29(47-2)20-16-27)49-23-33(45)37-25-11-7-4-8-12-25/h3-20H,21-23H2,1-2H3,(H,36,44)(H,37,45). The molecule has 248 valence electrons. The number of methoxy groups -OCH3 is 2. The molecule has 6 aromatic rings.